The van der Waals surface area contributed by atoms with Crippen LogP contribution in [0.2, 0.25) is 0 Å². The van der Waals surface area contributed by atoms with Crippen molar-refractivity contribution >= 4 is 0 Å². The second-order valence-electron chi connectivity index (χ2n) is 3.73. The summed E-state index contributed by atoms with van der Waals surface area (Å²) in [6.07, 6.45) is 0.373. The minimum Gasteiger partial charge on any atom is -0.339 e. The monoisotopic (exact) mass is 231 g/mol. The number of nitrogens with zero attached hydrogens (tertiary/aromatic N) is 3. The number of nitriles is 1. The van der Waals surface area contributed by atoms with Crippen LogP contribution in [0, 0.1) is 23.1 Å². The van der Waals surface area contributed by atoms with Gasteiger partial charge >= 0.3 is 0 Å². The van der Waals surface area contributed by atoms with Gasteiger partial charge in [0.1, 0.15) is 5.82 Å². The van der Waals surface area contributed by atoms with E-state index in [4.69, 9.17) is 9.78 Å². The Morgan fingerprint density at radius 3 is 2.94 bits per heavy atom. The van der Waals surface area contributed by atoms with E-state index in [0.29, 0.717) is 17.9 Å². The molecule has 86 valence electrons. The molecule has 0 fully saturated rings. The van der Waals surface area contributed by atoms with Gasteiger partial charge in [-0.1, -0.05) is 17.3 Å². The first-order valence-corrected chi connectivity index (χ1v) is 5.18. The van der Waals surface area contributed by atoms with E-state index in [-0.39, 0.29) is 11.7 Å². The molecule has 2 rings (SSSR count). The summed E-state index contributed by atoms with van der Waals surface area (Å²) < 4.78 is 18.4. The maximum absolute atomic E-state index is 13.4. The topological polar surface area (TPSA) is 62.7 Å². The summed E-state index contributed by atoms with van der Waals surface area (Å²) in [5.41, 5.74) is 0.298. The van der Waals surface area contributed by atoms with Crippen molar-refractivity contribution in [3.63, 3.8) is 0 Å². The third-order valence-electron chi connectivity index (χ3n) is 2.28. The van der Waals surface area contributed by atoms with Gasteiger partial charge in [-0.2, -0.15) is 10.2 Å². The Bertz CT molecular complexity index is 559. The van der Waals surface area contributed by atoms with Crippen molar-refractivity contribution < 1.29 is 8.91 Å². The average Bonchev–Trinajstić information content (AvgIpc) is 2.78. The summed E-state index contributed by atoms with van der Waals surface area (Å²) in [5, 5.41) is 12.4. The Kier molecular flexibility index (Phi) is 3.15. The Hall–Kier alpha value is -2.22. The molecule has 0 saturated heterocycles. The number of rotatable bonds is 3. The lowest BCUT2D eigenvalue weighted by atomic mass is 10.1. The molecular weight excluding hydrogens is 221 g/mol. The molecule has 0 radical (unpaired) electrons. The van der Waals surface area contributed by atoms with Gasteiger partial charge in [0.2, 0.25) is 11.7 Å². The van der Waals surface area contributed by atoms with Crippen molar-refractivity contribution in [1.29, 1.82) is 5.26 Å². The van der Waals surface area contributed by atoms with Crippen molar-refractivity contribution in [1.82, 2.24) is 10.1 Å². The summed E-state index contributed by atoms with van der Waals surface area (Å²) in [4.78, 5) is 4.06. The van der Waals surface area contributed by atoms with Crippen LogP contribution in [-0.4, -0.2) is 10.1 Å². The van der Waals surface area contributed by atoms with Crippen LogP contribution < -0.4 is 0 Å². The van der Waals surface area contributed by atoms with Gasteiger partial charge in [0.25, 0.3) is 0 Å². The minimum atomic E-state index is -0.395. The van der Waals surface area contributed by atoms with E-state index < -0.39 is 5.82 Å². The van der Waals surface area contributed by atoms with Gasteiger partial charge in [0.15, 0.2) is 0 Å². The van der Waals surface area contributed by atoms with Crippen molar-refractivity contribution in [3.05, 3.63) is 36.0 Å². The Balaban J connectivity index is 2.25. The smallest absolute Gasteiger partial charge is 0.228 e. The Morgan fingerprint density at radius 1 is 1.47 bits per heavy atom. The van der Waals surface area contributed by atoms with Gasteiger partial charge in [-0.25, -0.2) is 4.39 Å². The molecule has 1 unspecified atom stereocenters. The van der Waals surface area contributed by atoms with Crippen LogP contribution in [0.25, 0.3) is 11.4 Å². The fraction of sp³-hybridized carbons (Fsp3) is 0.250. The number of benzene rings is 1. The van der Waals surface area contributed by atoms with E-state index in [1.165, 1.54) is 6.07 Å². The molecule has 4 nitrogen and oxygen atoms in total. The summed E-state index contributed by atoms with van der Waals surface area (Å²) in [7, 11) is 0. The van der Waals surface area contributed by atoms with Crippen LogP contribution in [-0.2, 0) is 6.42 Å². The first-order valence-electron chi connectivity index (χ1n) is 5.18. The summed E-state index contributed by atoms with van der Waals surface area (Å²) in [6.45, 7) is 1.76. The van der Waals surface area contributed by atoms with Crippen molar-refractivity contribution in [2.45, 2.75) is 13.3 Å². The average molecular weight is 231 g/mol. The molecule has 0 aliphatic carbocycles. The number of halogens is 1. The fourth-order valence-corrected chi connectivity index (χ4v) is 1.40. The van der Waals surface area contributed by atoms with Crippen LogP contribution in [0.1, 0.15) is 12.8 Å². The predicted molar refractivity (Wildman–Crippen MR) is 58.2 cm³/mol. The molecule has 1 atom stereocenters. The quantitative estimate of drug-likeness (QED) is 0.814. The standard InChI is InChI=1S/C12H10FN3O/c1-8(7-14)6-11-15-12(16-17-11)9-4-2-3-5-10(9)13/h2-5,8H,6H2,1H3. The van der Waals surface area contributed by atoms with E-state index in [0.717, 1.165) is 0 Å². The van der Waals surface area contributed by atoms with Crippen LogP contribution >= 0.6 is 0 Å². The predicted octanol–water partition coefficient (Wildman–Crippen LogP) is 2.58. The van der Waals surface area contributed by atoms with Gasteiger partial charge in [-0.3, -0.25) is 0 Å². The van der Waals surface area contributed by atoms with E-state index in [2.05, 4.69) is 16.2 Å². The molecule has 2 aromatic rings. The molecule has 0 aliphatic rings. The van der Waals surface area contributed by atoms with Gasteiger partial charge in [0.05, 0.1) is 17.6 Å². The first kappa shape index (κ1) is 11.3. The van der Waals surface area contributed by atoms with Crippen LogP contribution in [0.15, 0.2) is 28.8 Å². The molecule has 0 N–H and O–H groups in total. The lowest BCUT2D eigenvalue weighted by Gasteiger charge is -1.95. The second kappa shape index (κ2) is 4.74. The van der Waals surface area contributed by atoms with Crippen LogP contribution in [0.4, 0.5) is 4.39 Å². The number of aromatic nitrogens is 2. The van der Waals surface area contributed by atoms with Crippen LogP contribution in [0.3, 0.4) is 0 Å². The summed E-state index contributed by atoms with van der Waals surface area (Å²) >= 11 is 0. The van der Waals surface area contributed by atoms with E-state index in [9.17, 15) is 4.39 Å². The van der Waals surface area contributed by atoms with E-state index >= 15 is 0 Å². The molecule has 0 aliphatic heterocycles. The lowest BCUT2D eigenvalue weighted by molar-refractivity contribution is 0.369. The largest absolute Gasteiger partial charge is 0.339 e. The highest BCUT2D eigenvalue weighted by Crippen LogP contribution is 2.19. The normalized spacial score (nSPS) is 12.1. The van der Waals surface area contributed by atoms with Crippen molar-refractivity contribution in [2.24, 2.45) is 5.92 Å². The van der Waals surface area contributed by atoms with Crippen LogP contribution in [0.5, 0.6) is 0 Å². The highest BCUT2D eigenvalue weighted by molar-refractivity contribution is 5.54. The molecule has 0 amide bonds. The molecule has 0 bridgehead atoms. The van der Waals surface area contributed by atoms with E-state index in [1.807, 2.05) is 0 Å². The zero-order chi connectivity index (χ0) is 12.3. The molecule has 1 aromatic heterocycles. The Labute approximate surface area is 97.7 Å². The SMILES string of the molecule is CC(C#N)Cc1nc(-c2ccccc2F)no1. The number of hydrogen-bond donors (Lipinski definition) is 0. The van der Waals surface area contributed by atoms with Gasteiger partial charge in [-0.05, 0) is 19.1 Å². The number of hydrogen-bond acceptors (Lipinski definition) is 4. The molecule has 0 spiro atoms. The minimum absolute atomic E-state index is 0.205. The third kappa shape index (κ3) is 2.48. The fourth-order valence-electron chi connectivity index (χ4n) is 1.40. The maximum Gasteiger partial charge on any atom is 0.228 e. The van der Waals surface area contributed by atoms with Crippen molar-refractivity contribution in [2.75, 3.05) is 0 Å². The lowest BCUT2D eigenvalue weighted by Crippen LogP contribution is -1.96. The van der Waals surface area contributed by atoms with Gasteiger partial charge in [0, 0.05) is 6.42 Å². The third-order valence-corrected chi connectivity index (χ3v) is 2.28. The zero-order valence-electron chi connectivity index (χ0n) is 9.22. The van der Waals surface area contributed by atoms with Gasteiger partial charge < -0.3 is 4.52 Å². The summed E-state index contributed by atoms with van der Waals surface area (Å²) in [6, 6.07) is 8.29. The zero-order valence-corrected chi connectivity index (χ0v) is 9.22. The molecule has 0 saturated carbocycles. The second-order valence-corrected chi connectivity index (χ2v) is 3.73. The molecule has 1 aromatic carbocycles. The summed E-state index contributed by atoms with van der Waals surface area (Å²) in [5.74, 6) is -0.0438. The first-order chi connectivity index (χ1) is 8.20. The van der Waals surface area contributed by atoms with Crippen molar-refractivity contribution in [3.8, 4) is 17.5 Å². The molecule has 1 heterocycles. The van der Waals surface area contributed by atoms with E-state index in [1.54, 1.807) is 25.1 Å². The Morgan fingerprint density at radius 2 is 2.24 bits per heavy atom. The highest BCUT2D eigenvalue weighted by Gasteiger charge is 2.13. The molecule has 5 heteroatoms. The van der Waals surface area contributed by atoms with Gasteiger partial charge in [-0.15, -0.1) is 0 Å². The molecular formula is C12H10FN3O. The highest BCUT2D eigenvalue weighted by atomic mass is 19.1. The molecule has 17 heavy (non-hydrogen) atoms. The maximum atomic E-state index is 13.4.